The zero-order valence-electron chi connectivity index (χ0n) is 25.1. The molecule has 2 atom stereocenters. The van der Waals surface area contributed by atoms with Gasteiger partial charge in [-0.05, 0) is 27.2 Å². The lowest BCUT2D eigenvalue weighted by molar-refractivity contribution is -0.170. The van der Waals surface area contributed by atoms with Crippen molar-refractivity contribution in [1.29, 1.82) is 0 Å². The van der Waals surface area contributed by atoms with Crippen LogP contribution in [0.2, 0.25) is 0 Å². The predicted octanol–water partition coefficient (Wildman–Crippen LogP) is -1.68. The number of hydrogen-bond donors (Lipinski definition) is 13. The van der Waals surface area contributed by atoms with E-state index in [4.69, 9.17) is 66.4 Å². The molecule has 0 heterocycles. The van der Waals surface area contributed by atoms with Crippen molar-refractivity contribution < 1.29 is 90.4 Å². The van der Waals surface area contributed by atoms with Crippen LogP contribution < -0.4 is 0 Å². The molecule has 0 rings (SSSR count). The van der Waals surface area contributed by atoms with Gasteiger partial charge in [0.25, 0.3) is 0 Å². The molecule has 0 aromatic rings. The molecule has 0 saturated heterocycles. The Labute approximate surface area is 250 Å². The molecule has 0 amide bonds. The molecule has 13 N–H and O–H groups in total. The van der Waals surface area contributed by atoms with Gasteiger partial charge < -0.3 is 66.4 Å². The molecule has 0 aromatic carbocycles. The summed E-state index contributed by atoms with van der Waals surface area (Å²) in [5, 5.41) is 105. The summed E-state index contributed by atoms with van der Waals surface area (Å²) in [6.07, 6.45) is 0.851. The molecule has 0 saturated carbocycles. The van der Waals surface area contributed by atoms with Crippen molar-refractivity contribution >= 4 is 29.8 Å². The Hall–Kier alpha value is -2.97. The molecule has 0 fully saturated rings. The summed E-state index contributed by atoms with van der Waals surface area (Å²) in [4.78, 5) is 50.0. The number of carboxylic acid groups (broad SMARTS) is 5. The van der Waals surface area contributed by atoms with Crippen LogP contribution in [0.5, 0.6) is 0 Å². The van der Waals surface area contributed by atoms with E-state index >= 15 is 0 Å². The van der Waals surface area contributed by atoms with Gasteiger partial charge in [0, 0.05) is 13.0 Å². The van der Waals surface area contributed by atoms with Crippen LogP contribution >= 0.6 is 0 Å². The summed E-state index contributed by atoms with van der Waals surface area (Å²) in [6, 6.07) is 0. The van der Waals surface area contributed by atoms with E-state index in [9.17, 15) is 24.0 Å². The minimum Gasteiger partial charge on any atom is -0.481 e. The standard InChI is InChI=1S/C8H16O2.C6H8O7.C3H8O3.C3H6O3.C3H8O2.C2H6O/c1-2-3-4-5-6-7-8(9)10;7-3(8)1-6(13,5(11)12)2-4(9)10;4-1-3(6)2-5;1-2(4)3(5)6;1-3(5)2-4;1-2-3/h2-7H2,1H3,(H,9,10);13H,1-2H2,(H,7,8)(H,9,10)(H,11,12);3-6H,1-2H2;2,4H,1H3,(H,5,6);3-5H,2H2,1H3;3H,2H2,1H3. The van der Waals surface area contributed by atoms with Crippen molar-refractivity contribution in [1.82, 2.24) is 0 Å². The van der Waals surface area contributed by atoms with E-state index in [0.717, 1.165) is 12.8 Å². The first-order valence-corrected chi connectivity index (χ1v) is 13.0. The van der Waals surface area contributed by atoms with Crippen molar-refractivity contribution in [2.45, 2.75) is 103 Å². The number of hydrogen-bond acceptors (Lipinski definition) is 13. The van der Waals surface area contributed by atoms with Crippen molar-refractivity contribution in [3.8, 4) is 0 Å². The average molecular weight is 641 g/mol. The number of carbonyl (C=O) groups is 5. The lowest BCUT2D eigenvalue weighted by Crippen LogP contribution is -2.42. The number of aliphatic hydroxyl groups excluding tert-OH is 7. The zero-order valence-corrected chi connectivity index (χ0v) is 25.1. The quantitative estimate of drug-likeness (QED) is 0.0889. The number of aliphatic hydroxyl groups is 8. The summed E-state index contributed by atoms with van der Waals surface area (Å²) < 4.78 is 0. The molecule has 2 unspecified atom stereocenters. The normalized spacial score (nSPS) is 11.0. The Bertz CT molecular complexity index is 661. The van der Waals surface area contributed by atoms with Gasteiger partial charge in [0.05, 0.1) is 38.8 Å². The van der Waals surface area contributed by atoms with Gasteiger partial charge in [-0.15, -0.1) is 0 Å². The van der Waals surface area contributed by atoms with Crippen LogP contribution in [0.3, 0.4) is 0 Å². The predicted molar refractivity (Wildman–Crippen MR) is 149 cm³/mol. The van der Waals surface area contributed by atoms with Gasteiger partial charge in [-0.2, -0.15) is 0 Å². The fourth-order valence-electron chi connectivity index (χ4n) is 1.65. The first-order chi connectivity index (χ1) is 19.7. The Morgan fingerprint density at radius 3 is 1.12 bits per heavy atom. The van der Waals surface area contributed by atoms with Crippen molar-refractivity contribution in [2.75, 3.05) is 26.4 Å². The molecule has 0 radical (unpaired) electrons. The van der Waals surface area contributed by atoms with Crippen LogP contribution in [0, 0.1) is 0 Å². The van der Waals surface area contributed by atoms with Crippen LogP contribution in [0.4, 0.5) is 0 Å². The molecular weight excluding hydrogens is 588 g/mol. The van der Waals surface area contributed by atoms with E-state index < -0.39 is 66.6 Å². The van der Waals surface area contributed by atoms with E-state index in [1.807, 2.05) is 0 Å². The molecule has 43 heavy (non-hydrogen) atoms. The van der Waals surface area contributed by atoms with Crippen LogP contribution in [0.15, 0.2) is 0 Å². The lowest BCUT2D eigenvalue weighted by atomic mass is 9.96. The highest BCUT2D eigenvalue weighted by Gasteiger charge is 2.40. The van der Waals surface area contributed by atoms with Crippen molar-refractivity contribution in [3.63, 3.8) is 0 Å². The fourth-order valence-corrected chi connectivity index (χ4v) is 1.65. The van der Waals surface area contributed by atoms with E-state index in [2.05, 4.69) is 6.92 Å². The number of unbranched alkanes of at least 4 members (excludes halogenated alkanes) is 4. The van der Waals surface area contributed by atoms with Gasteiger partial charge >= 0.3 is 29.8 Å². The third-order valence-electron chi connectivity index (χ3n) is 3.82. The minimum absolute atomic E-state index is 0.139. The van der Waals surface area contributed by atoms with Crippen molar-refractivity contribution in [2.24, 2.45) is 0 Å². The highest BCUT2D eigenvalue weighted by molar-refractivity contribution is 5.88. The maximum Gasteiger partial charge on any atom is 0.336 e. The van der Waals surface area contributed by atoms with Crippen LogP contribution in [0.25, 0.3) is 0 Å². The SMILES string of the molecule is CC(O)C(=O)O.CC(O)CO.CCCCCCCC(=O)O.CCO.O=C(O)CC(O)(CC(=O)O)C(=O)O.OCC(O)CO. The summed E-state index contributed by atoms with van der Waals surface area (Å²) in [6.45, 7) is 5.94. The monoisotopic (exact) mass is 640 g/mol. The average Bonchev–Trinajstić information content (AvgIpc) is 2.88. The maximum absolute atomic E-state index is 10.3. The molecule has 0 spiro atoms. The second-order valence-electron chi connectivity index (χ2n) is 8.42. The van der Waals surface area contributed by atoms with E-state index in [0.29, 0.717) is 6.42 Å². The Morgan fingerprint density at radius 2 is 0.953 bits per heavy atom. The molecule has 0 aliphatic rings. The third-order valence-corrected chi connectivity index (χ3v) is 3.82. The summed E-state index contributed by atoms with van der Waals surface area (Å²) in [5.74, 6) is -6.87. The maximum atomic E-state index is 10.3. The van der Waals surface area contributed by atoms with Crippen molar-refractivity contribution in [3.05, 3.63) is 0 Å². The molecule has 0 aliphatic heterocycles. The van der Waals surface area contributed by atoms with Gasteiger partial charge in [-0.25, -0.2) is 9.59 Å². The van der Waals surface area contributed by atoms with Gasteiger partial charge in [-0.3, -0.25) is 14.4 Å². The summed E-state index contributed by atoms with van der Waals surface area (Å²) in [5.41, 5.74) is -2.74. The largest absolute Gasteiger partial charge is 0.481 e. The Morgan fingerprint density at radius 1 is 0.628 bits per heavy atom. The molecule has 0 aliphatic carbocycles. The smallest absolute Gasteiger partial charge is 0.336 e. The van der Waals surface area contributed by atoms with E-state index in [1.54, 1.807) is 6.92 Å². The molecular formula is C25H52O18. The molecule has 18 nitrogen and oxygen atoms in total. The number of rotatable bonds is 15. The molecule has 0 aromatic heterocycles. The topological polar surface area (TPSA) is 348 Å². The van der Waals surface area contributed by atoms with Gasteiger partial charge in [0.2, 0.25) is 0 Å². The van der Waals surface area contributed by atoms with Crippen LogP contribution in [0.1, 0.15) is 79.1 Å². The summed E-state index contributed by atoms with van der Waals surface area (Å²) >= 11 is 0. The highest BCUT2D eigenvalue weighted by Crippen LogP contribution is 2.15. The second kappa shape index (κ2) is 37.1. The van der Waals surface area contributed by atoms with Crippen LogP contribution in [-0.2, 0) is 24.0 Å². The number of carboxylic acids is 5. The number of aliphatic carboxylic acids is 5. The van der Waals surface area contributed by atoms with Gasteiger partial charge in [-0.1, -0.05) is 32.6 Å². The fraction of sp³-hybridized carbons (Fsp3) is 0.800. The second-order valence-corrected chi connectivity index (χ2v) is 8.42. The molecule has 18 heteroatoms. The minimum atomic E-state index is -2.74. The third kappa shape index (κ3) is 59.3. The first-order valence-electron chi connectivity index (χ1n) is 13.0. The van der Waals surface area contributed by atoms with Gasteiger partial charge in [0.15, 0.2) is 5.60 Å². The molecule has 0 bridgehead atoms. The Kier molecular flexibility index (Phi) is 45.4. The lowest BCUT2D eigenvalue weighted by Gasteiger charge is -2.18. The molecule has 260 valence electrons. The first kappa shape index (κ1) is 52.7. The van der Waals surface area contributed by atoms with E-state index in [1.165, 1.54) is 33.1 Å². The van der Waals surface area contributed by atoms with E-state index in [-0.39, 0.29) is 26.4 Å². The van der Waals surface area contributed by atoms with Crippen LogP contribution in [-0.4, -0.2) is 147 Å². The van der Waals surface area contributed by atoms with Gasteiger partial charge in [0.1, 0.15) is 12.2 Å². The highest BCUT2D eigenvalue weighted by atomic mass is 16.4. The Balaban J connectivity index is -0.000000102. The summed E-state index contributed by atoms with van der Waals surface area (Å²) in [7, 11) is 0. The zero-order chi connectivity index (χ0) is 35.6.